The molecule has 0 saturated carbocycles. The number of piperidine rings is 1. The van der Waals surface area contributed by atoms with Crippen LogP contribution in [0.1, 0.15) is 19.3 Å². The Bertz CT molecular complexity index is 919. The lowest BCUT2D eigenvalue weighted by Gasteiger charge is -2.27. The molecule has 0 aliphatic carbocycles. The molecule has 1 aliphatic rings. The molecule has 0 spiro atoms. The van der Waals surface area contributed by atoms with Gasteiger partial charge in [0.15, 0.2) is 11.5 Å². The van der Waals surface area contributed by atoms with Gasteiger partial charge in [-0.3, -0.25) is 0 Å². The first-order valence-electron chi connectivity index (χ1n) is 9.18. The summed E-state index contributed by atoms with van der Waals surface area (Å²) in [7, 11) is 3.29. The number of thiazole rings is 1. The largest absolute Gasteiger partial charge is 0.493 e. The molecule has 5 nitrogen and oxygen atoms in total. The Kier molecular flexibility index (Phi) is 5.25. The third-order valence-corrected chi connectivity index (χ3v) is 5.75. The first kappa shape index (κ1) is 17.8. The minimum Gasteiger partial charge on any atom is -0.493 e. The zero-order valence-electron chi connectivity index (χ0n) is 15.6. The van der Waals surface area contributed by atoms with Gasteiger partial charge < -0.3 is 14.4 Å². The molecule has 1 aromatic carbocycles. The van der Waals surface area contributed by atoms with Crippen LogP contribution in [-0.4, -0.2) is 37.3 Å². The maximum Gasteiger partial charge on any atom is 0.161 e. The van der Waals surface area contributed by atoms with Crippen molar-refractivity contribution in [3.05, 3.63) is 41.9 Å². The Labute approximate surface area is 163 Å². The van der Waals surface area contributed by atoms with Crippen molar-refractivity contribution in [3.63, 3.8) is 0 Å². The normalized spacial score (nSPS) is 14.2. The third-order valence-electron chi connectivity index (χ3n) is 4.86. The lowest BCUT2D eigenvalue weighted by atomic mass is 10.1. The summed E-state index contributed by atoms with van der Waals surface area (Å²) in [6, 6.07) is 10.1. The fourth-order valence-corrected chi connectivity index (χ4v) is 4.21. The smallest absolute Gasteiger partial charge is 0.161 e. The summed E-state index contributed by atoms with van der Waals surface area (Å²) in [5.74, 6) is 2.48. The van der Waals surface area contributed by atoms with Crippen LogP contribution in [0.25, 0.3) is 21.8 Å². The van der Waals surface area contributed by atoms with Gasteiger partial charge in [0, 0.05) is 35.8 Å². The quantitative estimate of drug-likeness (QED) is 0.630. The van der Waals surface area contributed by atoms with Gasteiger partial charge in [-0.05, 0) is 49.6 Å². The zero-order valence-corrected chi connectivity index (χ0v) is 16.5. The second kappa shape index (κ2) is 7.96. The van der Waals surface area contributed by atoms with Crippen molar-refractivity contribution in [2.45, 2.75) is 19.3 Å². The van der Waals surface area contributed by atoms with Crippen molar-refractivity contribution in [1.82, 2.24) is 9.97 Å². The van der Waals surface area contributed by atoms with Crippen molar-refractivity contribution >= 4 is 17.2 Å². The van der Waals surface area contributed by atoms with Crippen LogP contribution < -0.4 is 14.4 Å². The van der Waals surface area contributed by atoms with E-state index in [1.54, 1.807) is 25.6 Å². The molecule has 1 aliphatic heterocycles. The van der Waals surface area contributed by atoms with E-state index in [0.29, 0.717) is 5.75 Å². The van der Waals surface area contributed by atoms with E-state index < -0.39 is 0 Å². The average molecular weight is 382 g/mol. The maximum absolute atomic E-state index is 5.41. The molecule has 140 valence electrons. The number of methoxy groups -OCH3 is 2. The van der Waals surface area contributed by atoms with Crippen LogP contribution in [0.4, 0.5) is 5.82 Å². The molecule has 0 bridgehead atoms. The van der Waals surface area contributed by atoms with Gasteiger partial charge >= 0.3 is 0 Å². The van der Waals surface area contributed by atoms with E-state index in [2.05, 4.69) is 21.3 Å². The van der Waals surface area contributed by atoms with E-state index in [1.165, 1.54) is 19.3 Å². The number of benzene rings is 1. The van der Waals surface area contributed by atoms with Crippen molar-refractivity contribution in [2.24, 2.45) is 0 Å². The fraction of sp³-hybridized carbons (Fsp3) is 0.333. The minimum absolute atomic E-state index is 0.709. The van der Waals surface area contributed by atoms with Gasteiger partial charge in [0.05, 0.1) is 19.9 Å². The summed E-state index contributed by atoms with van der Waals surface area (Å²) in [5, 5.41) is 3.08. The number of anilines is 1. The van der Waals surface area contributed by atoms with Crippen LogP contribution in [0.2, 0.25) is 0 Å². The van der Waals surface area contributed by atoms with Gasteiger partial charge in [-0.25, -0.2) is 9.97 Å². The molecule has 27 heavy (non-hydrogen) atoms. The zero-order chi connectivity index (χ0) is 18.6. The Morgan fingerprint density at radius 1 is 0.926 bits per heavy atom. The van der Waals surface area contributed by atoms with Crippen molar-refractivity contribution in [1.29, 1.82) is 0 Å². The van der Waals surface area contributed by atoms with Gasteiger partial charge in [0.1, 0.15) is 10.8 Å². The molecule has 3 aromatic rings. The molecule has 0 atom stereocenters. The molecule has 0 radical (unpaired) electrons. The first-order valence-corrected chi connectivity index (χ1v) is 10.1. The second-order valence-electron chi connectivity index (χ2n) is 6.56. The molecule has 6 heteroatoms. The second-order valence-corrected chi connectivity index (χ2v) is 7.42. The highest BCUT2D eigenvalue weighted by molar-refractivity contribution is 7.13. The van der Waals surface area contributed by atoms with E-state index in [4.69, 9.17) is 14.5 Å². The van der Waals surface area contributed by atoms with Crippen molar-refractivity contribution < 1.29 is 9.47 Å². The monoisotopic (exact) mass is 381 g/mol. The molecule has 2 aromatic heterocycles. The number of rotatable bonds is 5. The predicted octanol–water partition coefficient (Wildman–Crippen LogP) is 4.88. The van der Waals surface area contributed by atoms with Crippen LogP contribution in [-0.2, 0) is 0 Å². The lowest BCUT2D eigenvalue weighted by molar-refractivity contribution is 0.355. The number of ether oxygens (including phenoxy) is 2. The van der Waals surface area contributed by atoms with E-state index >= 15 is 0 Å². The Hall–Kier alpha value is -2.60. The highest BCUT2D eigenvalue weighted by Gasteiger charge is 2.14. The molecule has 1 saturated heterocycles. The maximum atomic E-state index is 5.41. The summed E-state index contributed by atoms with van der Waals surface area (Å²) in [6.07, 6.45) is 5.69. The van der Waals surface area contributed by atoms with Gasteiger partial charge in [-0.1, -0.05) is 0 Å². The summed E-state index contributed by atoms with van der Waals surface area (Å²) in [5.41, 5.74) is 3.06. The summed E-state index contributed by atoms with van der Waals surface area (Å²) in [6.45, 7) is 2.18. The Balaban J connectivity index is 1.61. The number of nitrogens with zero attached hydrogens (tertiary/aromatic N) is 3. The van der Waals surface area contributed by atoms with E-state index in [-0.39, 0.29) is 0 Å². The topological polar surface area (TPSA) is 47.5 Å². The van der Waals surface area contributed by atoms with Crippen molar-refractivity contribution in [2.75, 3.05) is 32.2 Å². The fourth-order valence-electron chi connectivity index (χ4n) is 3.38. The van der Waals surface area contributed by atoms with Crippen LogP contribution in [0, 0.1) is 0 Å². The number of aromatic nitrogens is 2. The van der Waals surface area contributed by atoms with E-state index in [9.17, 15) is 0 Å². The molecular formula is C21H23N3O2S. The predicted molar refractivity (Wildman–Crippen MR) is 110 cm³/mol. The number of hydrogen-bond acceptors (Lipinski definition) is 6. The van der Waals surface area contributed by atoms with Gasteiger partial charge in [0.2, 0.25) is 0 Å². The minimum atomic E-state index is 0.709. The van der Waals surface area contributed by atoms with Crippen molar-refractivity contribution in [3.8, 4) is 33.3 Å². The highest BCUT2D eigenvalue weighted by Crippen LogP contribution is 2.35. The molecule has 0 amide bonds. The summed E-state index contributed by atoms with van der Waals surface area (Å²) >= 11 is 1.65. The molecule has 3 heterocycles. The number of pyridine rings is 1. The van der Waals surface area contributed by atoms with Crippen LogP contribution in [0.15, 0.2) is 41.9 Å². The van der Waals surface area contributed by atoms with E-state index in [0.717, 1.165) is 46.5 Å². The average Bonchev–Trinajstić information content (AvgIpc) is 3.24. The molecular weight excluding hydrogens is 358 g/mol. The molecule has 1 fully saturated rings. The lowest BCUT2D eigenvalue weighted by Crippen LogP contribution is -2.30. The standard InChI is InChI=1S/C21H23N3O2S/c1-25-18-7-6-15(12-19(18)26-2)17-14-27-21(23-17)16-8-9-22-20(13-16)24-10-4-3-5-11-24/h6-9,12-14H,3-5,10-11H2,1-2H3. The molecule has 0 unspecified atom stereocenters. The van der Waals surface area contributed by atoms with E-state index in [1.807, 2.05) is 30.5 Å². The highest BCUT2D eigenvalue weighted by atomic mass is 32.1. The number of hydrogen-bond donors (Lipinski definition) is 0. The Morgan fingerprint density at radius 2 is 1.74 bits per heavy atom. The van der Waals surface area contributed by atoms with Gasteiger partial charge in [-0.2, -0.15) is 0 Å². The first-order chi connectivity index (χ1) is 13.3. The summed E-state index contributed by atoms with van der Waals surface area (Å²) < 4.78 is 10.7. The van der Waals surface area contributed by atoms with Crippen LogP contribution >= 0.6 is 11.3 Å². The van der Waals surface area contributed by atoms with Gasteiger partial charge in [0.25, 0.3) is 0 Å². The SMILES string of the molecule is COc1ccc(-c2csc(-c3ccnc(N4CCCCC4)c3)n2)cc1OC. The van der Waals surface area contributed by atoms with Crippen LogP contribution in [0.5, 0.6) is 11.5 Å². The summed E-state index contributed by atoms with van der Waals surface area (Å²) in [4.78, 5) is 11.8. The molecule has 4 rings (SSSR count). The Morgan fingerprint density at radius 3 is 2.52 bits per heavy atom. The third kappa shape index (κ3) is 3.76. The van der Waals surface area contributed by atoms with Crippen LogP contribution in [0.3, 0.4) is 0 Å². The molecule has 0 N–H and O–H groups in total. The van der Waals surface area contributed by atoms with Gasteiger partial charge in [-0.15, -0.1) is 11.3 Å².